The van der Waals surface area contributed by atoms with E-state index >= 15 is 0 Å². The van der Waals surface area contributed by atoms with Gasteiger partial charge < -0.3 is 10.5 Å². The Morgan fingerprint density at radius 3 is 2.59 bits per heavy atom. The normalized spacial score (nSPS) is 10.8. The zero-order valence-corrected chi connectivity index (χ0v) is 10.3. The van der Waals surface area contributed by atoms with E-state index in [0.717, 1.165) is 11.3 Å². The van der Waals surface area contributed by atoms with Crippen molar-refractivity contribution in [1.29, 1.82) is 0 Å². The van der Waals surface area contributed by atoms with E-state index in [-0.39, 0.29) is 0 Å². The number of para-hydroxylation sites is 1. The molecule has 0 unspecified atom stereocenters. The fourth-order valence-electron chi connectivity index (χ4n) is 1.72. The summed E-state index contributed by atoms with van der Waals surface area (Å²) in [6, 6.07) is 7.94. The van der Waals surface area contributed by atoms with E-state index in [1.807, 2.05) is 25.2 Å². The first-order valence-corrected chi connectivity index (χ1v) is 5.64. The van der Waals surface area contributed by atoms with Crippen molar-refractivity contribution in [3.8, 4) is 11.6 Å². The van der Waals surface area contributed by atoms with Crippen LogP contribution in [0, 0.1) is 0 Å². The molecule has 90 valence electrons. The highest BCUT2D eigenvalue weighted by atomic mass is 16.5. The molecule has 2 rings (SSSR count). The number of benzene rings is 1. The van der Waals surface area contributed by atoms with Crippen LogP contribution in [0.2, 0.25) is 0 Å². The van der Waals surface area contributed by atoms with Gasteiger partial charge in [0.25, 0.3) is 5.88 Å². The first kappa shape index (κ1) is 11.5. The molecule has 0 spiro atoms. The third kappa shape index (κ3) is 2.41. The molecule has 2 N–H and O–H groups in total. The summed E-state index contributed by atoms with van der Waals surface area (Å²) in [5.41, 5.74) is 7.50. The van der Waals surface area contributed by atoms with Crippen molar-refractivity contribution in [1.82, 2.24) is 9.78 Å². The number of nitrogens with two attached hydrogens (primary N) is 1. The van der Waals surface area contributed by atoms with E-state index in [1.165, 1.54) is 0 Å². The highest BCUT2D eigenvalue weighted by Gasteiger charge is 2.11. The van der Waals surface area contributed by atoms with E-state index in [0.29, 0.717) is 17.5 Å². The Balaban J connectivity index is 2.33. The lowest BCUT2D eigenvalue weighted by Crippen LogP contribution is -1.96. The largest absolute Gasteiger partial charge is 0.436 e. The molecule has 0 radical (unpaired) electrons. The topological polar surface area (TPSA) is 53.1 Å². The van der Waals surface area contributed by atoms with Crippen molar-refractivity contribution in [3.05, 3.63) is 36.0 Å². The number of aromatic nitrogens is 2. The molecular weight excluding hydrogens is 214 g/mol. The Labute approximate surface area is 101 Å². The van der Waals surface area contributed by atoms with Crippen molar-refractivity contribution < 1.29 is 4.74 Å². The molecule has 4 nitrogen and oxygen atoms in total. The lowest BCUT2D eigenvalue weighted by molar-refractivity contribution is 0.448. The number of hydrogen-bond acceptors (Lipinski definition) is 3. The summed E-state index contributed by atoms with van der Waals surface area (Å²) < 4.78 is 7.41. The number of nitrogens with zero attached hydrogens (tertiary/aromatic N) is 2. The summed E-state index contributed by atoms with van der Waals surface area (Å²) in [4.78, 5) is 0. The molecule has 1 aromatic carbocycles. The standard InChI is InChI=1S/C13H17N3O/c1-9(2)10-6-4-5-7-12(10)17-13-11(14)8-16(3)15-13/h4-9H,14H2,1-3H3. The second-order valence-corrected chi connectivity index (χ2v) is 4.36. The average Bonchev–Trinajstić information content (AvgIpc) is 2.58. The molecule has 0 aliphatic rings. The molecule has 1 heterocycles. The van der Waals surface area contributed by atoms with Crippen molar-refractivity contribution in [2.24, 2.45) is 7.05 Å². The third-order valence-corrected chi connectivity index (χ3v) is 2.57. The number of aryl methyl sites for hydroxylation is 1. The van der Waals surface area contributed by atoms with E-state index < -0.39 is 0 Å². The predicted molar refractivity (Wildman–Crippen MR) is 68.2 cm³/mol. The molecule has 0 amide bonds. The second kappa shape index (κ2) is 4.49. The van der Waals surface area contributed by atoms with Crippen molar-refractivity contribution in [2.75, 3.05) is 5.73 Å². The predicted octanol–water partition coefficient (Wildman–Crippen LogP) is 2.92. The van der Waals surface area contributed by atoms with Crippen LogP contribution in [0.3, 0.4) is 0 Å². The van der Waals surface area contributed by atoms with Crippen LogP contribution in [0.5, 0.6) is 11.6 Å². The van der Waals surface area contributed by atoms with Crippen LogP contribution in [-0.4, -0.2) is 9.78 Å². The van der Waals surface area contributed by atoms with Gasteiger partial charge in [0, 0.05) is 7.05 Å². The maximum atomic E-state index is 5.81. The van der Waals surface area contributed by atoms with Gasteiger partial charge in [0.2, 0.25) is 0 Å². The van der Waals surface area contributed by atoms with Crippen molar-refractivity contribution >= 4 is 5.69 Å². The minimum absolute atomic E-state index is 0.399. The number of anilines is 1. The van der Waals surface area contributed by atoms with Crippen LogP contribution >= 0.6 is 0 Å². The molecule has 0 aliphatic heterocycles. The first-order valence-electron chi connectivity index (χ1n) is 5.64. The van der Waals surface area contributed by atoms with Crippen LogP contribution < -0.4 is 10.5 Å². The van der Waals surface area contributed by atoms with Crippen LogP contribution in [0.25, 0.3) is 0 Å². The lowest BCUT2D eigenvalue weighted by atomic mass is 10.0. The summed E-state index contributed by atoms with van der Waals surface area (Å²) in [6.45, 7) is 4.26. The van der Waals surface area contributed by atoms with E-state index in [9.17, 15) is 0 Å². The fraction of sp³-hybridized carbons (Fsp3) is 0.308. The molecule has 1 aromatic heterocycles. The van der Waals surface area contributed by atoms with E-state index in [1.54, 1.807) is 10.9 Å². The zero-order chi connectivity index (χ0) is 12.4. The summed E-state index contributed by atoms with van der Waals surface area (Å²) in [5.74, 6) is 1.67. The Morgan fingerprint density at radius 2 is 2.00 bits per heavy atom. The summed E-state index contributed by atoms with van der Waals surface area (Å²) in [5, 5.41) is 4.18. The molecule has 0 atom stereocenters. The van der Waals surface area contributed by atoms with E-state index in [2.05, 4.69) is 25.0 Å². The van der Waals surface area contributed by atoms with Crippen LogP contribution in [0.4, 0.5) is 5.69 Å². The summed E-state index contributed by atoms with van der Waals surface area (Å²) >= 11 is 0. The lowest BCUT2D eigenvalue weighted by Gasteiger charge is -2.12. The van der Waals surface area contributed by atoms with Gasteiger partial charge in [-0.05, 0) is 17.5 Å². The van der Waals surface area contributed by atoms with Crippen LogP contribution in [-0.2, 0) is 7.05 Å². The number of hydrogen-bond donors (Lipinski definition) is 1. The summed E-state index contributed by atoms with van der Waals surface area (Å²) in [6.07, 6.45) is 1.73. The first-order chi connectivity index (χ1) is 8.08. The quantitative estimate of drug-likeness (QED) is 0.883. The molecule has 0 fully saturated rings. The van der Waals surface area contributed by atoms with Gasteiger partial charge in [-0.3, -0.25) is 4.68 Å². The molecule has 0 saturated heterocycles. The highest BCUT2D eigenvalue weighted by Crippen LogP contribution is 2.31. The highest BCUT2D eigenvalue weighted by molar-refractivity contribution is 5.49. The Morgan fingerprint density at radius 1 is 1.29 bits per heavy atom. The van der Waals surface area contributed by atoms with Gasteiger partial charge in [-0.15, -0.1) is 5.10 Å². The summed E-state index contributed by atoms with van der Waals surface area (Å²) in [7, 11) is 1.82. The molecule has 17 heavy (non-hydrogen) atoms. The van der Waals surface area contributed by atoms with Crippen LogP contribution in [0.15, 0.2) is 30.5 Å². The SMILES string of the molecule is CC(C)c1ccccc1Oc1nn(C)cc1N. The minimum Gasteiger partial charge on any atom is -0.436 e. The molecular formula is C13H17N3O. The van der Waals surface area contributed by atoms with Gasteiger partial charge in [0.1, 0.15) is 11.4 Å². The number of nitrogen functional groups attached to an aromatic ring is 1. The van der Waals surface area contributed by atoms with Gasteiger partial charge in [-0.25, -0.2) is 0 Å². The molecule has 0 aliphatic carbocycles. The van der Waals surface area contributed by atoms with Gasteiger partial charge in [-0.1, -0.05) is 32.0 Å². The molecule has 0 saturated carbocycles. The molecule has 2 aromatic rings. The zero-order valence-electron chi connectivity index (χ0n) is 10.3. The van der Waals surface area contributed by atoms with Crippen molar-refractivity contribution in [2.45, 2.75) is 19.8 Å². The Bertz CT molecular complexity index is 517. The number of rotatable bonds is 3. The molecule has 4 heteroatoms. The maximum absolute atomic E-state index is 5.81. The van der Waals surface area contributed by atoms with Gasteiger partial charge >= 0.3 is 0 Å². The second-order valence-electron chi connectivity index (χ2n) is 4.36. The van der Waals surface area contributed by atoms with Gasteiger partial charge in [-0.2, -0.15) is 0 Å². The Kier molecular flexibility index (Phi) is 3.04. The Hall–Kier alpha value is -1.97. The van der Waals surface area contributed by atoms with E-state index in [4.69, 9.17) is 10.5 Å². The van der Waals surface area contributed by atoms with Crippen molar-refractivity contribution in [3.63, 3.8) is 0 Å². The number of ether oxygens (including phenoxy) is 1. The minimum atomic E-state index is 0.399. The monoisotopic (exact) mass is 231 g/mol. The fourth-order valence-corrected chi connectivity index (χ4v) is 1.72. The third-order valence-electron chi connectivity index (χ3n) is 2.57. The van der Waals surface area contributed by atoms with Crippen LogP contribution in [0.1, 0.15) is 25.3 Å². The molecule has 0 bridgehead atoms. The van der Waals surface area contributed by atoms with Gasteiger partial charge in [0.15, 0.2) is 0 Å². The smallest absolute Gasteiger partial charge is 0.261 e. The average molecular weight is 231 g/mol. The maximum Gasteiger partial charge on any atom is 0.261 e. The van der Waals surface area contributed by atoms with Gasteiger partial charge in [0.05, 0.1) is 6.20 Å².